The lowest BCUT2D eigenvalue weighted by molar-refractivity contribution is 0.230. The maximum Gasteiger partial charge on any atom is 0.362 e. The third kappa shape index (κ3) is 4.08. The van der Waals surface area contributed by atoms with Crippen LogP contribution in [0.3, 0.4) is 0 Å². The third-order valence-electron chi connectivity index (χ3n) is 2.91. The fraction of sp³-hybridized carbons (Fsp3) is 0.222. The van der Waals surface area contributed by atoms with Crippen LogP contribution in [0.5, 0.6) is 0 Å². The summed E-state index contributed by atoms with van der Waals surface area (Å²) in [6.45, 7) is 4.23. The second-order valence-electron chi connectivity index (χ2n) is 4.47. The molecule has 0 N–H and O–H groups in total. The Labute approximate surface area is 131 Å². The highest BCUT2D eigenvalue weighted by Gasteiger charge is 2.28. The molecule has 2 aromatic carbocycles. The molecule has 0 aromatic heterocycles. The Balaban J connectivity index is 2.42. The van der Waals surface area contributed by atoms with Crippen LogP contribution in [-0.2, 0) is 13.6 Å². The van der Waals surface area contributed by atoms with Crippen LogP contribution in [0.1, 0.15) is 25.0 Å². The predicted octanol–water partition coefficient (Wildman–Crippen LogP) is 3.98. The lowest BCUT2D eigenvalue weighted by atomic mass is 10.2. The fourth-order valence-corrected chi connectivity index (χ4v) is 3.72. The zero-order valence-electron chi connectivity index (χ0n) is 12.8. The van der Waals surface area contributed by atoms with Crippen molar-refractivity contribution in [3.8, 4) is 11.8 Å². The van der Waals surface area contributed by atoms with E-state index >= 15 is 0 Å². The van der Waals surface area contributed by atoms with E-state index in [2.05, 4.69) is 11.8 Å². The summed E-state index contributed by atoms with van der Waals surface area (Å²) in [7, 11) is -3.33. The van der Waals surface area contributed by atoms with Gasteiger partial charge in [0.25, 0.3) is 0 Å². The van der Waals surface area contributed by atoms with Gasteiger partial charge in [-0.15, -0.1) is 0 Å². The van der Waals surface area contributed by atoms with E-state index in [1.807, 2.05) is 48.5 Å². The standard InChI is InChI=1S/C18H19O3P/c1-3-20-22(19,21-4-2)18-13-9-8-12-17(18)15-14-16-10-6-5-7-11-16/h5-13H,3-4H2,1-2H3. The van der Waals surface area contributed by atoms with Gasteiger partial charge in [0.05, 0.1) is 18.5 Å². The van der Waals surface area contributed by atoms with Crippen molar-refractivity contribution in [2.75, 3.05) is 13.2 Å². The molecule has 2 aromatic rings. The molecule has 0 fully saturated rings. The number of rotatable bonds is 5. The van der Waals surface area contributed by atoms with E-state index in [0.717, 1.165) is 5.56 Å². The second kappa shape index (κ2) is 7.96. The van der Waals surface area contributed by atoms with E-state index in [1.165, 1.54) is 0 Å². The Hall–Kier alpha value is -1.85. The van der Waals surface area contributed by atoms with Crippen LogP contribution in [0.25, 0.3) is 0 Å². The molecule has 2 rings (SSSR count). The molecule has 0 bridgehead atoms. The van der Waals surface area contributed by atoms with Crippen LogP contribution in [-0.4, -0.2) is 13.2 Å². The molecular formula is C18H19O3P. The van der Waals surface area contributed by atoms with E-state index < -0.39 is 7.60 Å². The zero-order valence-corrected chi connectivity index (χ0v) is 13.7. The molecule has 0 aliphatic heterocycles. The van der Waals surface area contributed by atoms with Gasteiger partial charge in [-0.05, 0) is 38.1 Å². The molecule has 0 unspecified atom stereocenters. The molecule has 0 radical (unpaired) electrons. The Morgan fingerprint density at radius 3 is 2.09 bits per heavy atom. The van der Waals surface area contributed by atoms with E-state index in [4.69, 9.17) is 9.05 Å². The van der Waals surface area contributed by atoms with Crippen molar-refractivity contribution in [1.82, 2.24) is 0 Å². The monoisotopic (exact) mass is 314 g/mol. The molecule has 0 atom stereocenters. The van der Waals surface area contributed by atoms with Gasteiger partial charge < -0.3 is 9.05 Å². The van der Waals surface area contributed by atoms with Gasteiger partial charge >= 0.3 is 7.60 Å². The van der Waals surface area contributed by atoms with Gasteiger partial charge in [0.1, 0.15) is 0 Å². The van der Waals surface area contributed by atoms with Gasteiger partial charge in [-0.25, -0.2) is 0 Å². The van der Waals surface area contributed by atoms with Crippen molar-refractivity contribution in [3.05, 3.63) is 65.7 Å². The summed E-state index contributed by atoms with van der Waals surface area (Å²) in [6, 6.07) is 16.9. The van der Waals surface area contributed by atoms with Crippen molar-refractivity contribution in [2.45, 2.75) is 13.8 Å². The summed E-state index contributed by atoms with van der Waals surface area (Å²) in [5.41, 5.74) is 1.57. The Morgan fingerprint density at radius 2 is 1.45 bits per heavy atom. The minimum Gasteiger partial charge on any atom is -0.305 e. The number of benzene rings is 2. The summed E-state index contributed by atoms with van der Waals surface area (Å²) in [5.74, 6) is 6.15. The van der Waals surface area contributed by atoms with Crippen LogP contribution >= 0.6 is 7.60 Å². The highest BCUT2D eigenvalue weighted by atomic mass is 31.2. The van der Waals surface area contributed by atoms with E-state index in [0.29, 0.717) is 24.1 Å². The first-order valence-corrected chi connectivity index (χ1v) is 8.79. The first-order chi connectivity index (χ1) is 10.7. The lowest BCUT2D eigenvalue weighted by Gasteiger charge is -2.18. The molecule has 4 heteroatoms. The van der Waals surface area contributed by atoms with Gasteiger partial charge in [-0.2, -0.15) is 0 Å². The SMILES string of the molecule is CCOP(=O)(OCC)c1ccccc1C#Cc1ccccc1. The molecule has 3 nitrogen and oxygen atoms in total. The van der Waals surface area contributed by atoms with Crippen LogP contribution in [0, 0.1) is 11.8 Å². The molecule has 22 heavy (non-hydrogen) atoms. The molecule has 0 spiro atoms. The van der Waals surface area contributed by atoms with Crippen LogP contribution in [0.2, 0.25) is 0 Å². The van der Waals surface area contributed by atoms with Crippen molar-refractivity contribution in [3.63, 3.8) is 0 Å². The molecule has 114 valence electrons. The van der Waals surface area contributed by atoms with Crippen molar-refractivity contribution < 1.29 is 13.6 Å². The molecule has 0 saturated heterocycles. The van der Waals surface area contributed by atoms with Crippen molar-refractivity contribution in [2.24, 2.45) is 0 Å². The van der Waals surface area contributed by atoms with Crippen molar-refractivity contribution in [1.29, 1.82) is 0 Å². The van der Waals surface area contributed by atoms with Crippen LogP contribution in [0.4, 0.5) is 0 Å². The van der Waals surface area contributed by atoms with E-state index in [1.54, 1.807) is 19.9 Å². The van der Waals surface area contributed by atoms with Gasteiger partial charge in [0.15, 0.2) is 0 Å². The summed E-state index contributed by atoms with van der Waals surface area (Å²) in [5, 5.41) is 0.516. The molecular weight excluding hydrogens is 295 g/mol. The third-order valence-corrected chi connectivity index (χ3v) is 5.09. The van der Waals surface area contributed by atoms with Gasteiger partial charge in [-0.1, -0.05) is 42.2 Å². The fourth-order valence-electron chi connectivity index (χ4n) is 2.00. The molecule has 0 aliphatic carbocycles. The lowest BCUT2D eigenvalue weighted by Crippen LogP contribution is -2.14. The highest BCUT2D eigenvalue weighted by molar-refractivity contribution is 7.62. The first-order valence-electron chi connectivity index (χ1n) is 7.25. The topological polar surface area (TPSA) is 35.5 Å². The average molecular weight is 314 g/mol. The van der Waals surface area contributed by atoms with Gasteiger partial charge in [-0.3, -0.25) is 4.57 Å². The molecule has 0 saturated carbocycles. The van der Waals surface area contributed by atoms with Crippen molar-refractivity contribution >= 4 is 12.9 Å². The molecule has 0 aliphatic rings. The first kappa shape index (κ1) is 16.5. The quantitative estimate of drug-likeness (QED) is 0.618. The second-order valence-corrected chi connectivity index (χ2v) is 6.46. The Morgan fingerprint density at radius 1 is 0.864 bits per heavy atom. The summed E-state index contributed by atoms with van der Waals surface area (Å²) in [6.07, 6.45) is 0. The normalized spacial score (nSPS) is 10.8. The summed E-state index contributed by atoms with van der Waals surface area (Å²) >= 11 is 0. The number of hydrogen-bond acceptors (Lipinski definition) is 3. The molecule has 0 amide bonds. The number of hydrogen-bond donors (Lipinski definition) is 0. The summed E-state index contributed by atoms with van der Waals surface area (Å²) in [4.78, 5) is 0. The zero-order chi connectivity index (χ0) is 15.8. The van der Waals surface area contributed by atoms with E-state index in [-0.39, 0.29) is 0 Å². The van der Waals surface area contributed by atoms with Crippen LogP contribution in [0.15, 0.2) is 54.6 Å². The summed E-state index contributed by atoms with van der Waals surface area (Å²) < 4.78 is 23.8. The maximum absolute atomic E-state index is 12.9. The largest absolute Gasteiger partial charge is 0.362 e. The molecule has 0 heterocycles. The minimum atomic E-state index is -3.33. The predicted molar refractivity (Wildman–Crippen MR) is 89.4 cm³/mol. The van der Waals surface area contributed by atoms with Gasteiger partial charge in [0, 0.05) is 11.1 Å². The van der Waals surface area contributed by atoms with E-state index in [9.17, 15) is 4.57 Å². The Kier molecular flexibility index (Phi) is 5.98. The Bertz CT molecular complexity index is 704. The average Bonchev–Trinajstić information content (AvgIpc) is 2.55. The minimum absolute atomic E-state index is 0.317. The smallest absolute Gasteiger partial charge is 0.305 e. The maximum atomic E-state index is 12.9. The van der Waals surface area contributed by atoms with Crippen LogP contribution < -0.4 is 5.30 Å². The highest BCUT2D eigenvalue weighted by Crippen LogP contribution is 2.47. The van der Waals surface area contributed by atoms with Gasteiger partial charge in [0.2, 0.25) is 0 Å².